The van der Waals surface area contributed by atoms with E-state index in [-0.39, 0.29) is 17.1 Å². The Hall–Kier alpha value is -3.86. The Bertz CT molecular complexity index is 1340. The highest BCUT2D eigenvalue weighted by molar-refractivity contribution is 6.10. The molecule has 0 aliphatic carbocycles. The van der Waals surface area contributed by atoms with E-state index in [9.17, 15) is 9.59 Å². The fraction of sp³-hybridized carbons (Fsp3) is 0.154. The van der Waals surface area contributed by atoms with Crippen LogP contribution >= 0.6 is 0 Å². The summed E-state index contributed by atoms with van der Waals surface area (Å²) in [4.78, 5) is 28.6. The van der Waals surface area contributed by atoms with Crippen LogP contribution in [0.4, 0.5) is 5.69 Å². The van der Waals surface area contributed by atoms with Crippen LogP contribution < -0.4 is 15.1 Å². The van der Waals surface area contributed by atoms with Crippen molar-refractivity contribution in [3.63, 3.8) is 0 Å². The molecule has 0 spiro atoms. The molecular weight excluding hydrogens is 390 g/mol. The normalized spacial score (nSPS) is 15.4. The second-order valence-electron chi connectivity index (χ2n) is 7.59. The average Bonchev–Trinajstić information content (AvgIpc) is 3.08. The second kappa shape index (κ2) is 7.43. The number of rotatable bonds is 4. The van der Waals surface area contributed by atoms with Crippen LogP contribution in [0.2, 0.25) is 0 Å². The number of hydrogen-bond acceptors (Lipinski definition) is 4. The van der Waals surface area contributed by atoms with Crippen molar-refractivity contribution < 1.29 is 13.9 Å². The summed E-state index contributed by atoms with van der Waals surface area (Å²) in [5, 5.41) is 0.468. The van der Waals surface area contributed by atoms with Gasteiger partial charge in [0.25, 0.3) is 5.91 Å². The molecular formula is C26H21NO4. The van der Waals surface area contributed by atoms with E-state index in [1.807, 2.05) is 62.4 Å². The maximum Gasteiger partial charge on any atom is 0.295 e. The molecule has 0 unspecified atom stereocenters. The predicted molar refractivity (Wildman–Crippen MR) is 120 cm³/mol. The summed E-state index contributed by atoms with van der Waals surface area (Å²) >= 11 is 0. The molecule has 1 aromatic heterocycles. The van der Waals surface area contributed by atoms with Gasteiger partial charge in [-0.3, -0.25) is 14.5 Å². The fourth-order valence-electron chi connectivity index (χ4n) is 4.12. The first-order chi connectivity index (χ1) is 15.1. The number of anilines is 1. The molecule has 3 aromatic carbocycles. The minimum absolute atomic E-state index is 0.100. The maximum absolute atomic E-state index is 13.5. The maximum atomic E-state index is 13.5. The predicted octanol–water partition coefficient (Wildman–Crippen LogP) is 5.25. The molecule has 4 aromatic rings. The van der Waals surface area contributed by atoms with Gasteiger partial charge >= 0.3 is 0 Å². The number of benzene rings is 3. The number of ether oxygens (including phenoxy) is 1. The Morgan fingerprint density at radius 3 is 2.35 bits per heavy atom. The highest BCUT2D eigenvalue weighted by Gasteiger charge is 2.43. The van der Waals surface area contributed by atoms with Crippen LogP contribution in [0.15, 0.2) is 82.0 Å². The Labute approximate surface area is 179 Å². The minimum atomic E-state index is -0.582. The third-order valence-corrected chi connectivity index (χ3v) is 5.60. The highest BCUT2D eigenvalue weighted by Crippen LogP contribution is 2.41. The first-order valence-electron chi connectivity index (χ1n) is 10.3. The summed E-state index contributed by atoms with van der Waals surface area (Å²) in [6, 6.07) is 21.7. The highest BCUT2D eigenvalue weighted by atomic mass is 16.5. The van der Waals surface area contributed by atoms with Gasteiger partial charge in [-0.25, -0.2) is 0 Å². The van der Waals surface area contributed by atoms with Crippen molar-refractivity contribution in [2.24, 2.45) is 0 Å². The Morgan fingerprint density at radius 1 is 0.935 bits per heavy atom. The lowest BCUT2D eigenvalue weighted by atomic mass is 9.98. The Morgan fingerprint density at radius 2 is 1.65 bits per heavy atom. The smallest absolute Gasteiger partial charge is 0.295 e. The van der Waals surface area contributed by atoms with E-state index >= 15 is 0 Å². The third-order valence-electron chi connectivity index (χ3n) is 5.60. The average molecular weight is 411 g/mol. The zero-order chi connectivity index (χ0) is 21.5. The van der Waals surface area contributed by atoms with Crippen LogP contribution in [0.3, 0.4) is 0 Å². The number of para-hydroxylation sites is 1. The molecule has 154 valence electrons. The molecule has 5 nitrogen and oxygen atoms in total. The zero-order valence-corrected chi connectivity index (χ0v) is 17.3. The molecule has 2 heterocycles. The quantitative estimate of drug-likeness (QED) is 0.460. The van der Waals surface area contributed by atoms with Gasteiger partial charge in [-0.05, 0) is 55.8 Å². The molecule has 1 atom stereocenters. The van der Waals surface area contributed by atoms with Crippen LogP contribution in [0.5, 0.6) is 5.75 Å². The van der Waals surface area contributed by atoms with E-state index < -0.39 is 6.04 Å². The number of aryl methyl sites for hydroxylation is 1. The number of amides is 1. The van der Waals surface area contributed by atoms with E-state index in [4.69, 9.17) is 9.15 Å². The van der Waals surface area contributed by atoms with Crippen molar-refractivity contribution in [2.45, 2.75) is 19.9 Å². The summed E-state index contributed by atoms with van der Waals surface area (Å²) in [7, 11) is 0. The molecule has 0 saturated carbocycles. The molecule has 1 aliphatic heterocycles. The summed E-state index contributed by atoms with van der Waals surface area (Å²) in [5.41, 5.74) is 3.22. The first-order valence-corrected chi connectivity index (χ1v) is 10.3. The lowest BCUT2D eigenvalue weighted by Gasteiger charge is -2.25. The molecule has 1 aliphatic rings. The number of carbonyl (C=O) groups excluding carboxylic acids is 1. The second-order valence-corrected chi connectivity index (χ2v) is 7.59. The van der Waals surface area contributed by atoms with Gasteiger partial charge in [0.05, 0.1) is 23.6 Å². The largest absolute Gasteiger partial charge is 0.494 e. The standard InChI is InChI=1S/C26H21NO4/c1-3-30-19-14-10-17(11-15-19)23-22-24(28)20-6-4-5-7-21(20)31-25(22)26(29)27(23)18-12-8-16(2)9-13-18/h4-15,23H,3H2,1-2H3/t23-/m1/s1. The number of hydrogen-bond donors (Lipinski definition) is 0. The summed E-state index contributed by atoms with van der Waals surface area (Å²) in [5.74, 6) is 0.520. The van der Waals surface area contributed by atoms with Crippen LogP contribution in [0.1, 0.15) is 40.2 Å². The van der Waals surface area contributed by atoms with Crippen molar-refractivity contribution in [1.82, 2.24) is 0 Å². The number of fused-ring (bicyclic) bond motifs is 2. The molecule has 0 fully saturated rings. The van der Waals surface area contributed by atoms with Gasteiger partial charge in [0.15, 0.2) is 5.43 Å². The molecule has 5 rings (SSSR count). The zero-order valence-electron chi connectivity index (χ0n) is 17.3. The van der Waals surface area contributed by atoms with Gasteiger partial charge in [0, 0.05) is 5.69 Å². The molecule has 0 radical (unpaired) electrons. The van der Waals surface area contributed by atoms with Gasteiger partial charge in [-0.15, -0.1) is 0 Å². The van der Waals surface area contributed by atoms with Crippen LogP contribution in [0, 0.1) is 6.92 Å². The van der Waals surface area contributed by atoms with E-state index in [2.05, 4.69) is 0 Å². The Kier molecular flexibility index (Phi) is 4.59. The Balaban J connectivity index is 1.75. The van der Waals surface area contributed by atoms with Crippen LogP contribution in [-0.4, -0.2) is 12.5 Å². The van der Waals surface area contributed by atoms with Crippen LogP contribution in [-0.2, 0) is 0 Å². The summed E-state index contributed by atoms with van der Waals surface area (Å²) in [6.07, 6.45) is 0. The lowest BCUT2D eigenvalue weighted by molar-refractivity contribution is 0.0971. The van der Waals surface area contributed by atoms with E-state index in [1.165, 1.54) is 0 Å². The molecule has 1 amide bonds. The monoisotopic (exact) mass is 411 g/mol. The topological polar surface area (TPSA) is 59.8 Å². The van der Waals surface area contributed by atoms with Gasteiger partial charge in [-0.1, -0.05) is 42.0 Å². The third kappa shape index (κ3) is 3.10. The van der Waals surface area contributed by atoms with Crippen LogP contribution in [0.25, 0.3) is 11.0 Å². The summed E-state index contributed by atoms with van der Waals surface area (Å²) in [6.45, 7) is 4.48. The van der Waals surface area contributed by atoms with E-state index in [0.29, 0.717) is 28.8 Å². The lowest BCUT2D eigenvalue weighted by Crippen LogP contribution is -2.29. The molecule has 0 bridgehead atoms. The van der Waals surface area contributed by atoms with Gasteiger partial charge in [0.1, 0.15) is 11.3 Å². The molecule has 0 N–H and O–H groups in total. The number of nitrogens with zero attached hydrogens (tertiary/aromatic N) is 1. The SMILES string of the molecule is CCOc1ccc([C@@H]2c3c(oc4ccccc4c3=O)C(=O)N2c2ccc(C)cc2)cc1. The first kappa shape index (κ1) is 19.1. The van der Waals surface area contributed by atoms with Crippen molar-refractivity contribution >= 4 is 22.6 Å². The van der Waals surface area contributed by atoms with Gasteiger partial charge < -0.3 is 9.15 Å². The minimum Gasteiger partial charge on any atom is -0.494 e. The van der Waals surface area contributed by atoms with E-state index in [0.717, 1.165) is 16.9 Å². The molecule has 31 heavy (non-hydrogen) atoms. The van der Waals surface area contributed by atoms with Crippen molar-refractivity contribution in [2.75, 3.05) is 11.5 Å². The summed E-state index contributed by atoms with van der Waals surface area (Å²) < 4.78 is 11.5. The van der Waals surface area contributed by atoms with Gasteiger partial charge in [0.2, 0.25) is 5.76 Å². The van der Waals surface area contributed by atoms with Crippen molar-refractivity contribution in [3.05, 3.63) is 105 Å². The fourth-order valence-corrected chi connectivity index (χ4v) is 4.12. The molecule has 0 saturated heterocycles. The van der Waals surface area contributed by atoms with Gasteiger partial charge in [-0.2, -0.15) is 0 Å². The van der Waals surface area contributed by atoms with Crippen molar-refractivity contribution in [1.29, 1.82) is 0 Å². The number of carbonyl (C=O) groups is 1. The molecule has 5 heteroatoms. The van der Waals surface area contributed by atoms with E-state index in [1.54, 1.807) is 29.2 Å². The van der Waals surface area contributed by atoms with Crippen molar-refractivity contribution in [3.8, 4) is 5.75 Å².